The highest BCUT2D eigenvalue weighted by atomic mass is 16.7. The molecule has 5 N–H and O–H groups in total. The number of aliphatic hydroxyl groups is 4. The van der Waals surface area contributed by atoms with Crippen LogP contribution in [0.25, 0.3) is 0 Å². The molecule has 0 saturated carbocycles. The third kappa shape index (κ3) is 4.44. The summed E-state index contributed by atoms with van der Waals surface area (Å²) in [5, 5.41) is 41.7. The normalized spacial score (nSPS) is 27.8. The van der Waals surface area contributed by atoms with Crippen molar-refractivity contribution in [3.8, 4) is 5.75 Å². The van der Waals surface area contributed by atoms with E-state index < -0.39 is 37.3 Å². The van der Waals surface area contributed by atoms with Crippen LogP contribution in [-0.2, 0) is 4.74 Å². The molecule has 1 heterocycles. The first-order valence-corrected chi connectivity index (χ1v) is 8.43. The summed E-state index contributed by atoms with van der Waals surface area (Å²) in [5.41, 5.74) is 1.06. The molecule has 0 radical (unpaired) electrons. The summed E-state index contributed by atoms with van der Waals surface area (Å²) in [6.45, 7) is -0.544. The van der Waals surface area contributed by atoms with E-state index in [0.29, 0.717) is 17.0 Å². The molecule has 2 aromatic carbocycles. The average Bonchev–Trinajstić information content (AvgIpc) is 2.70. The lowest BCUT2D eigenvalue weighted by Gasteiger charge is -2.39. The van der Waals surface area contributed by atoms with Crippen LogP contribution in [0.1, 0.15) is 10.4 Å². The molecule has 8 heteroatoms. The fraction of sp³-hybridized carbons (Fsp3) is 0.316. The lowest BCUT2D eigenvalue weighted by molar-refractivity contribution is -0.280. The van der Waals surface area contributed by atoms with Crippen LogP contribution in [0.3, 0.4) is 0 Å². The monoisotopic (exact) mass is 375 g/mol. The lowest BCUT2D eigenvalue weighted by Crippen LogP contribution is -2.60. The third-order valence-electron chi connectivity index (χ3n) is 4.26. The molecule has 0 spiro atoms. The summed E-state index contributed by atoms with van der Waals surface area (Å²) in [6.07, 6.45) is -6.67. The minimum absolute atomic E-state index is 0.256. The molecular formula is C19H21NO7. The zero-order valence-electron chi connectivity index (χ0n) is 14.3. The molecule has 5 atom stereocenters. The van der Waals surface area contributed by atoms with Crippen LogP contribution in [0.15, 0.2) is 54.6 Å². The summed E-state index contributed by atoms with van der Waals surface area (Å²) < 4.78 is 10.6. The second-order valence-corrected chi connectivity index (χ2v) is 6.16. The van der Waals surface area contributed by atoms with Gasteiger partial charge in [0, 0.05) is 11.3 Å². The van der Waals surface area contributed by atoms with Crippen molar-refractivity contribution in [2.45, 2.75) is 30.7 Å². The maximum absolute atomic E-state index is 12.1. The molecule has 27 heavy (non-hydrogen) atoms. The fourth-order valence-corrected chi connectivity index (χ4v) is 2.77. The number of hydrogen-bond acceptors (Lipinski definition) is 7. The third-order valence-corrected chi connectivity index (χ3v) is 4.26. The molecule has 1 saturated heterocycles. The van der Waals surface area contributed by atoms with Crippen molar-refractivity contribution in [1.29, 1.82) is 0 Å². The van der Waals surface area contributed by atoms with Crippen molar-refractivity contribution in [1.82, 2.24) is 0 Å². The van der Waals surface area contributed by atoms with E-state index in [0.717, 1.165) is 0 Å². The van der Waals surface area contributed by atoms with E-state index in [1.54, 1.807) is 48.5 Å². The predicted molar refractivity (Wildman–Crippen MR) is 95.2 cm³/mol. The lowest BCUT2D eigenvalue weighted by atomic mass is 9.99. The molecule has 8 nitrogen and oxygen atoms in total. The number of amides is 1. The molecule has 1 fully saturated rings. The SMILES string of the molecule is O=C(Nc1ccc(O[C@H]2[C@@H](O)[C@H](O)[C@@H](CO)O[C@@H]2O)cc1)c1ccccc1. The van der Waals surface area contributed by atoms with Crippen molar-refractivity contribution < 1.29 is 34.7 Å². The Labute approximate surface area is 155 Å². The van der Waals surface area contributed by atoms with E-state index in [2.05, 4.69) is 5.32 Å². The number of rotatable bonds is 5. The minimum atomic E-state index is -1.52. The number of aliphatic hydroxyl groups excluding tert-OH is 4. The van der Waals surface area contributed by atoms with Gasteiger partial charge in [0.25, 0.3) is 5.91 Å². The van der Waals surface area contributed by atoms with E-state index in [1.807, 2.05) is 6.07 Å². The van der Waals surface area contributed by atoms with Crippen molar-refractivity contribution in [3.63, 3.8) is 0 Å². The number of nitrogens with one attached hydrogen (secondary N) is 1. The van der Waals surface area contributed by atoms with Crippen LogP contribution < -0.4 is 10.1 Å². The van der Waals surface area contributed by atoms with Gasteiger partial charge in [-0.15, -0.1) is 0 Å². The molecule has 0 aromatic heterocycles. The summed E-state index contributed by atoms with van der Waals surface area (Å²) >= 11 is 0. The van der Waals surface area contributed by atoms with E-state index in [4.69, 9.17) is 14.6 Å². The van der Waals surface area contributed by atoms with Crippen molar-refractivity contribution in [3.05, 3.63) is 60.2 Å². The van der Waals surface area contributed by atoms with Gasteiger partial charge in [0.2, 0.25) is 0 Å². The first kappa shape index (κ1) is 19.3. The van der Waals surface area contributed by atoms with Crippen LogP contribution in [0, 0.1) is 0 Å². The van der Waals surface area contributed by atoms with Gasteiger partial charge in [0.1, 0.15) is 24.1 Å². The Bertz CT molecular complexity index is 752. The second-order valence-electron chi connectivity index (χ2n) is 6.16. The Hall–Kier alpha value is -2.49. The number of carbonyl (C=O) groups excluding carboxylic acids is 1. The van der Waals surface area contributed by atoms with Gasteiger partial charge in [0.15, 0.2) is 12.4 Å². The van der Waals surface area contributed by atoms with Gasteiger partial charge < -0.3 is 35.2 Å². The molecule has 1 aliphatic rings. The highest BCUT2D eigenvalue weighted by molar-refractivity contribution is 6.04. The number of carbonyl (C=O) groups is 1. The molecule has 0 bridgehead atoms. The van der Waals surface area contributed by atoms with Gasteiger partial charge in [-0.2, -0.15) is 0 Å². The predicted octanol–water partition coefficient (Wildman–Crippen LogP) is 0.118. The van der Waals surface area contributed by atoms with Crippen LogP contribution >= 0.6 is 0 Å². The molecule has 3 rings (SSSR count). The maximum Gasteiger partial charge on any atom is 0.255 e. The summed E-state index contributed by atoms with van der Waals surface area (Å²) in [4.78, 5) is 12.1. The first-order valence-electron chi connectivity index (χ1n) is 8.43. The fourth-order valence-electron chi connectivity index (χ4n) is 2.77. The maximum atomic E-state index is 12.1. The molecule has 1 aliphatic heterocycles. The quantitative estimate of drug-likeness (QED) is 0.502. The van der Waals surface area contributed by atoms with Gasteiger partial charge in [-0.25, -0.2) is 0 Å². The molecule has 144 valence electrons. The van der Waals surface area contributed by atoms with E-state index in [9.17, 15) is 20.1 Å². The topological polar surface area (TPSA) is 128 Å². The average molecular weight is 375 g/mol. The summed E-state index contributed by atoms with van der Waals surface area (Å²) in [5.74, 6) is 0.0445. The van der Waals surface area contributed by atoms with Crippen molar-refractivity contribution >= 4 is 11.6 Å². The zero-order chi connectivity index (χ0) is 19.4. The number of hydrogen-bond donors (Lipinski definition) is 5. The van der Waals surface area contributed by atoms with E-state index in [1.165, 1.54) is 0 Å². The largest absolute Gasteiger partial charge is 0.482 e. The first-order chi connectivity index (χ1) is 13.0. The van der Waals surface area contributed by atoms with Crippen LogP contribution in [0.2, 0.25) is 0 Å². The van der Waals surface area contributed by atoms with Crippen molar-refractivity contribution in [2.75, 3.05) is 11.9 Å². The van der Waals surface area contributed by atoms with Gasteiger partial charge in [-0.3, -0.25) is 4.79 Å². The summed E-state index contributed by atoms with van der Waals surface area (Å²) in [6, 6.07) is 15.1. The second kappa shape index (κ2) is 8.47. The highest BCUT2D eigenvalue weighted by Crippen LogP contribution is 2.25. The van der Waals surface area contributed by atoms with Gasteiger partial charge in [-0.05, 0) is 36.4 Å². The highest BCUT2D eigenvalue weighted by Gasteiger charge is 2.45. The molecular weight excluding hydrogens is 354 g/mol. The molecule has 2 aromatic rings. The number of ether oxygens (including phenoxy) is 2. The zero-order valence-corrected chi connectivity index (χ0v) is 14.3. The van der Waals surface area contributed by atoms with Gasteiger partial charge in [-0.1, -0.05) is 18.2 Å². The standard InChI is InChI=1S/C19H21NO7/c21-10-14-15(22)16(23)17(19(25)27-14)26-13-8-6-12(7-9-13)20-18(24)11-4-2-1-3-5-11/h1-9,14-17,19,21-23,25H,10H2,(H,20,24)/t14-,15-,16+,17+,19+/m1/s1. The molecule has 0 unspecified atom stereocenters. The van der Waals surface area contributed by atoms with Crippen LogP contribution in [-0.4, -0.2) is 63.6 Å². The summed E-state index contributed by atoms with van der Waals surface area (Å²) in [7, 11) is 0. The van der Waals surface area contributed by atoms with Crippen molar-refractivity contribution in [2.24, 2.45) is 0 Å². The number of anilines is 1. The molecule has 1 amide bonds. The van der Waals surface area contributed by atoms with Gasteiger partial charge in [0.05, 0.1) is 6.61 Å². The van der Waals surface area contributed by atoms with Crippen LogP contribution in [0.5, 0.6) is 5.75 Å². The Morgan fingerprint density at radius 1 is 1.00 bits per heavy atom. The Balaban J connectivity index is 1.63. The van der Waals surface area contributed by atoms with Gasteiger partial charge >= 0.3 is 0 Å². The van der Waals surface area contributed by atoms with E-state index in [-0.39, 0.29) is 5.91 Å². The number of benzene rings is 2. The Kier molecular flexibility index (Phi) is 6.04. The smallest absolute Gasteiger partial charge is 0.255 e. The van der Waals surface area contributed by atoms with E-state index >= 15 is 0 Å². The Morgan fingerprint density at radius 2 is 1.67 bits per heavy atom. The van der Waals surface area contributed by atoms with Crippen LogP contribution in [0.4, 0.5) is 5.69 Å². The Morgan fingerprint density at radius 3 is 2.30 bits per heavy atom. The molecule has 0 aliphatic carbocycles. The minimum Gasteiger partial charge on any atom is -0.482 e.